The van der Waals surface area contributed by atoms with Gasteiger partial charge in [0.2, 0.25) is 0 Å². The van der Waals surface area contributed by atoms with Crippen LogP contribution in [0.25, 0.3) is 11.3 Å². The van der Waals surface area contributed by atoms with Crippen molar-refractivity contribution >= 4 is 11.6 Å². The van der Waals surface area contributed by atoms with Gasteiger partial charge in [-0.05, 0) is 48.0 Å². The molecular weight excluding hydrogens is 343 g/mol. The molecule has 2 aromatic carbocycles. The van der Waals surface area contributed by atoms with Crippen molar-refractivity contribution in [3.63, 3.8) is 0 Å². The van der Waals surface area contributed by atoms with Gasteiger partial charge in [-0.1, -0.05) is 18.2 Å². The molecule has 1 aliphatic rings. The molecule has 138 valence electrons. The molecule has 0 atom stereocenters. The largest absolute Gasteiger partial charge is 0.368 e. The fraction of sp³-hybridized carbons (Fsp3) is 0.238. The monoisotopic (exact) mass is 364 g/mol. The summed E-state index contributed by atoms with van der Waals surface area (Å²) < 4.78 is 14.8. The molecule has 6 heteroatoms. The highest BCUT2D eigenvalue weighted by atomic mass is 19.1. The minimum absolute atomic E-state index is 0.0633. The lowest BCUT2D eigenvalue weighted by molar-refractivity contribution is 0.0740. The third-order valence-corrected chi connectivity index (χ3v) is 4.93. The lowest BCUT2D eigenvalue weighted by Crippen LogP contribution is -2.48. The molecule has 0 bridgehead atoms. The lowest BCUT2D eigenvalue weighted by atomic mass is 10.1. The number of carbonyl (C=O) groups is 1. The van der Waals surface area contributed by atoms with Crippen molar-refractivity contribution in [1.29, 1.82) is 0 Å². The molecule has 5 nitrogen and oxygen atoms in total. The summed E-state index contributed by atoms with van der Waals surface area (Å²) in [7, 11) is 1.79. The molecule has 4 rings (SSSR count). The van der Waals surface area contributed by atoms with Crippen molar-refractivity contribution in [2.24, 2.45) is 7.05 Å². The van der Waals surface area contributed by atoms with Gasteiger partial charge in [0.05, 0.1) is 5.69 Å². The first-order chi connectivity index (χ1) is 13.1. The number of para-hydroxylation sites is 1. The van der Waals surface area contributed by atoms with Crippen LogP contribution < -0.4 is 4.90 Å². The Bertz CT molecular complexity index is 929. The molecule has 1 fully saturated rings. The first kappa shape index (κ1) is 17.3. The van der Waals surface area contributed by atoms with Gasteiger partial charge in [-0.15, -0.1) is 0 Å². The second-order valence-corrected chi connectivity index (χ2v) is 6.66. The number of rotatable bonds is 3. The zero-order valence-corrected chi connectivity index (χ0v) is 15.2. The van der Waals surface area contributed by atoms with E-state index in [9.17, 15) is 9.18 Å². The number of aryl methyl sites for hydroxylation is 1. The van der Waals surface area contributed by atoms with Gasteiger partial charge in [0.1, 0.15) is 5.82 Å². The Morgan fingerprint density at radius 1 is 0.963 bits per heavy atom. The molecule has 1 saturated heterocycles. The van der Waals surface area contributed by atoms with Crippen LogP contribution in [-0.2, 0) is 7.05 Å². The minimum Gasteiger partial charge on any atom is -0.368 e. The zero-order chi connectivity index (χ0) is 18.8. The number of carbonyl (C=O) groups excluding carboxylic acids is 1. The first-order valence-corrected chi connectivity index (χ1v) is 9.01. The molecule has 0 saturated carbocycles. The van der Waals surface area contributed by atoms with Gasteiger partial charge in [0.15, 0.2) is 5.69 Å². The third kappa shape index (κ3) is 3.56. The van der Waals surface area contributed by atoms with Crippen molar-refractivity contribution in [3.05, 3.63) is 72.2 Å². The number of halogens is 1. The molecule has 0 radical (unpaired) electrons. The van der Waals surface area contributed by atoms with E-state index in [1.165, 1.54) is 17.8 Å². The quantitative estimate of drug-likeness (QED) is 0.717. The summed E-state index contributed by atoms with van der Waals surface area (Å²) >= 11 is 0. The summed E-state index contributed by atoms with van der Waals surface area (Å²) in [5.74, 6) is -0.347. The topological polar surface area (TPSA) is 41.4 Å². The van der Waals surface area contributed by atoms with Crippen LogP contribution in [0.5, 0.6) is 0 Å². The Kier molecular flexibility index (Phi) is 4.62. The highest BCUT2D eigenvalue weighted by molar-refractivity contribution is 5.93. The van der Waals surface area contributed by atoms with E-state index in [4.69, 9.17) is 0 Å². The maximum Gasteiger partial charge on any atom is 0.274 e. The molecule has 3 aromatic rings. The van der Waals surface area contributed by atoms with E-state index < -0.39 is 0 Å². The highest BCUT2D eigenvalue weighted by Gasteiger charge is 2.24. The molecule has 0 spiro atoms. The van der Waals surface area contributed by atoms with E-state index in [1.54, 1.807) is 29.9 Å². The van der Waals surface area contributed by atoms with Crippen LogP contribution in [0.1, 0.15) is 10.5 Å². The average molecular weight is 364 g/mol. The maximum absolute atomic E-state index is 13.1. The Hall–Kier alpha value is -3.15. The Balaban J connectivity index is 1.46. The van der Waals surface area contributed by atoms with E-state index in [0.29, 0.717) is 18.8 Å². The summed E-state index contributed by atoms with van der Waals surface area (Å²) in [4.78, 5) is 17.0. The number of piperazine rings is 1. The second-order valence-electron chi connectivity index (χ2n) is 6.66. The molecule has 1 amide bonds. The summed E-state index contributed by atoms with van der Waals surface area (Å²) in [6.07, 6.45) is 0. The molecule has 27 heavy (non-hydrogen) atoms. The number of benzene rings is 2. The first-order valence-electron chi connectivity index (χ1n) is 9.01. The highest BCUT2D eigenvalue weighted by Crippen LogP contribution is 2.22. The van der Waals surface area contributed by atoms with Crippen LogP contribution >= 0.6 is 0 Å². The van der Waals surface area contributed by atoms with Gasteiger partial charge in [0, 0.05) is 38.9 Å². The number of nitrogens with zero attached hydrogens (tertiary/aromatic N) is 4. The number of hydrogen-bond acceptors (Lipinski definition) is 3. The van der Waals surface area contributed by atoms with Gasteiger partial charge in [-0.3, -0.25) is 9.48 Å². The van der Waals surface area contributed by atoms with Crippen molar-refractivity contribution < 1.29 is 9.18 Å². The van der Waals surface area contributed by atoms with Gasteiger partial charge < -0.3 is 9.80 Å². The number of aromatic nitrogens is 2. The Labute approximate surface area is 157 Å². The fourth-order valence-corrected chi connectivity index (χ4v) is 3.43. The van der Waals surface area contributed by atoms with E-state index in [0.717, 1.165) is 24.3 Å². The minimum atomic E-state index is -0.284. The van der Waals surface area contributed by atoms with Gasteiger partial charge >= 0.3 is 0 Å². The SMILES string of the molecule is Cn1nc(C(=O)N2CCN(c3ccccc3)CC2)cc1-c1ccc(F)cc1. The summed E-state index contributed by atoms with van der Waals surface area (Å²) in [6, 6.07) is 18.2. The number of anilines is 1. The summed E-state index contributed by atoms with van der Waals surface area (Å²) in [5, 5.41) is 4.38. The van der Waals surface area contributed by atoms with Crippen LogP contribution in [-0.4, -0.2) is 46.8 Å². The van der Waals surface area contributed by atoms with Crippen molar-refractivity contribution in [1.82, 2.24) is 14.7 Å². The number of hydrogen-bond donors (Lipinski definition) is 0. The molecule has 1 aromatic heterocycles. The van der Waals surface area contributed by atoms with Gasteiger partial charge in [0.25, 0.3) is 5.91 Å². The normalized spacial score (nSPS) is 14.4. The van der Waals surface area contributed by atoms with E-state index in [2.05, 4.69) is 22.1 Å². The van der Waals surface area contributed by atoms with Crippen LogP contribution in [0, 0.1) is 5.82 Å². The standard InChI is InChI=1S/C21H21FN4O/c1-24-20(16-7-9-17(22)10-8-16)15-19(23-24)21(27)26-13-11-25(12-14-26)18-5-3-2-4-6-18/h2-10,15H,11-14H2,1H3. The Morgan fingerprint density at radius 3 is 2.30 bits per heavy atom. The van der Waals surface area contributed by atoms with E-state index >= 15 is 0 Å². The van der Waals surface area contributed by atoms with Crippen molar-refractivity contribution in [2.45, 2.75) is 0 Å². The molecule has 2 heterocycles. The molecule has 0 aliphatic carbocycles. The molecular formula is C21H21FN4O. The third-order valence-electron chi connectivity index (χ3n) is 4.93. The molecule has 0 unspecified atom stereocenters. The van der Waals surface area contributed by atoms with Crippen LogP contribution in [0.2, 0.25) is 0 Å². The van der Waals surface area contributed by atoms with Crippen LogP contribution in [0.4, 0.5) is 10.1 Å². The average Bonchev–Trinajstić information content (AvgIpc) is 3.10. The lowest BCUT2D eigenvalue weighted by Gasteiger charge is -2.35. The summed E-state index contributed by atoms with van der Waals surface area (Å²) in [6.45, 7) is 2.92. The van der Waals surface area contributed by atoms with Crippen molar-refractivity contribution in [2.75, 3.05) is 31.1 Å². The second kappa shape index (κ2) is 7.23. The Morgan fingerprint density at radius 2 is 1.63 bits per heavy atom. The fourth-order valence-electron chi connectivity index (χ4n) is 3.43. The number of amides is 1. The molecule has 0 N–H and O–H groups in total. The van der Waals surface area contributed by atoms with Crippen LogP contribution in [0.3, 0.4) is 0 Å². The molecule has 1 aliphatic heterocycles. The van der Waals surface area contributed by atoms with Crippen molar-refractivity contribution in [3.8, 4) is 11.3 Å². The van der Waals surface area contributed by atoms with E-state index in [1.807, 2.05) is 23.1 Å². The van der Waals surface area contributed by atoms with E-state index in [-0.39, 0.29) is 11.7 Å². The smallest absolute Gasteiger partial charge is 0.274 e. The zero-order valence-electron chi connectivity index (χ0n) is 15.2. The predicted octanol–water partition coefficient (Wildman–Crippen LogP) is 3.19. The van der Waals surface area contributed by atoms with Gasteiger partial charge in [-0.2, -0.15) is 5.10 Å². The summed E-state index contributed by atoms with van der Waals surface area (Å²) in [5.41, 5.74) is 3.23. The predicted molar refractivity (Wildman–Crippen MR) is 103 cm³/mol. The maximum atomic E-state index is 13.1. The van der Waals surface area contributed by atoms with Gasteiger partial charge in [-0.25, -0.2) is 4.39 Å². The van der Waals surface area contributed by atoms with Crippen LogP contribution in [0.15, 0.2) is 60.7 Å².